The number of para-hydroxylation sites is 1. The van der Waals surface area contributed by atoms with E-state index in [2.05, 4.69) is 37.6 Å². The highest BCUT2D eigenvalue weighted by Crippen LogP contribution is 2.36. The van der Waals surface area contributed by atoms with Gasteiger partial charge in [0, 0.05) is 22.7 Å². The first kappa shape index (κ1) is 15.9. The van der Waals surface area contributed by atoms with Crippen molar-refractivity contribution in [2.75, 3.05) is 13.1 Å². The Morgan fingerprint density at radius 2 is 1.81 bits per heavy atom. The summed E-state index contributed by atoms with van der Waals surface area (Å²) in [6.07, 6.45) is 2.12. The smallest absolute Gasteiger partial charge is 0.0991 e. The van der Waals surface area contributed by atoms with Gasteiger partial charge in [-0.2, -0.15) is 0 Å². The van der Waals surface area contributed by atoms with Gasteiger partial charge in [-0.05, 0) is 32.5 Å². The summed E-state index contributed by atoms with van der Waals surface area (Å²) in [5.74, 6) is 0. The molecule has 2 unspecified atom stereocenters. The lowest BCUT2D eigenvalue weighted by Crippen LogP contribution is -2.50. The van der Waals surface area contributed by atoms with Crippen molar-refractivity contribution in [3.05, 3.63) is 42.1 Å². The molecule has 1 aromatic heterocycles. The first-order valence-corrected chi connectivity index (χ1v) is 7.85. The third-order valence-electron chi connectivity index (χ3n) is 4.75. The summed E-state index contributed by atoms with van der Waals surface area (Å²) in [6.45, 7) is 10.4. The number of likely N-dealkylation sites (N-methyl/N-ethyl adjacent to an activating group) is 1. The van der Waals surface area contributed by atoms with Gasteiger partial charge in [-0.15, -0.1) is 0 Å². The van der Waals surface area contributed by atoms with Crippen LogP contribution in [0.5, 0.6) is 0 Å². The molecule has 0 aliphatic carbocycles. The van der Waals surface area contributed by atoms with Crippen molar-refractivity contribution in [1.82, 2.24) is 9.88 Å². The predicted octanol–water partition coefficient (Wildman–Crippen LogP) is 3.78. The van der Waals surface area contributed by atoms with Crippen LogP contribution in [0.2, 0.25) is 0 Å². The van der Waals surface area contributed by atoms with Crippen LogP contribution in [0.4, 0.5) is 0 Å². The molecule has 3 nitrogen and oxygen atoms in total. The Morgan fingerprint density at radius 1 is 1.14 bits per heavy atom. The molecule has 0 aliphatic rings. The fourth-order valence-corrected chi connectivity index (χ4v) is 3.22. The number of aliphatic hydroxyl groups is 1. The molecule has 0 spiro atoms. The van der Waals surface area contributed by atoms with Gasteiger partial charge in [0.2, 0.25) is 0 Å². The van der Waals surface area contributed by atoms with Crippen LogP contribution in [0.1, 0.15) is 45.8 Å². The molecule has 0 bridgehead atoms. The highest BCUT2D eigenvalue weighted by Gasteiger charge is 2.37. The third-order valence-corrected chi connectivity index (χ3v) is 4.75. The molecule has 114 valence electrons. The summed E-state index contributed by atoms with van der Waals surface area (Å²) >= 11 is 0. The molecule has 0 saturated heterocycles. The Bertz CT molecular complexity index is 589. The van der Waals surface area contributed by atoms with Gasteiger partial charge in [0.15, 0.2) is 0 Å². The van der Waals surface area contributed by atoms with Crippen molar-refractivity contribution in [2.24, 2.45) is 0 Å². The van der Waals surface area contributed by atoms with Crippen LogP contribution >= 0.6 is 0 Å². The molecule has 0 fully saturated rings. The van der Waals surface area contributed by atoms with E-state index in [1.807, 2.05) is 30.3 Å². The summed E-state index contributed by atoms with van der Waals surface area (Å²) in [5, 5.41) is 12.2. The van der Waals surface area contributed by atoms with E-state index in [4.69, 9.17) is 0 Å². The fraction of sp³-hybridized carbons (Fsp3) is 0.500. The molecule has 0 amide bonds. The number of aromatic nitrogens is 1. The quantitative estimate of drug-likeness (QED) is 0.878. The first-order chi connectivity index (χ1) is 10.1. The summed E-state index contributed by atoms with van der Waals surface area (Å²) in [5.41, 5.74) is 1.54. The monoisotopic (exact) mass is 286 g/mol. The van der Waals surface area contributed by atoms with Gasteiger partial charge in [-0.3, -0.25) is 9.88 Å². The van der Waals surface area contributed by atoms with Gasteiger partial charge in [-0.25, -0.2) is 0 Å². The van der Waals surface area contributed by atoms with Crippen LogP contribution in [0.25, 0.3) is 10.9 Å². The maximum absolute atomic E-state index is 11.1. The minimum Gasteiger partial charge on any atom is -0.386 e. The largest absolute Gasteiger partial charge is 0.386 e. The Balaban J connectivity index is 2.52. The number of benzene rings is 1. The van der Waals surface area contributed by atoms with Gasteiger partial charge in [0.1, 0.15) is 0 Å². The summed E-state index contributed by atoms with van der Waals surface area (Å²) < 4.78 is 0. The number of fused-ring (bicyclic) bond motifs is 1. The number of pyridine rings is 1. The van der Waals surface area contributed by atoms with Crippen molar-refractivity contribution in [3.8, 4) is 0 Å². The van der Waals surface area contributed by atoms with Crippen molar-refractivity contribution in [2.45, 2.75) is 45.8 Å². The van der Waals surface area contributed by atoms with Crippen LogP contribution < -0.4 is 0 Å². The van der Waals surface area contributed by atoms with Crippen LogP contribution in [0, 0.1) is 0 Å². The Kier molecular flexibility index (Phi) is 4.96. The van der Waals surface area contributed by atoms with Crippen molar-refractivity contribution < 1.29 is 5.11 Å². The van der Waals surface area contributed by atoms with Gasteiger partial charge in [0.05, 0.1) is 11.6 Å². The Labute approximate surface area is 127 Å². The molecule has 1 N–H and O–H groups in total. The maximum atomic E-state index is 11.1. The molecule has 2 aromatic rings. The summed E-state index contributed by atoms with van der Waals surface area (Å²) in [7, 11) is 0. The minimum atomic E-state index is -0.555. The molecule has 1 aromatic carbocycles. The highest BCUT2D eigenvalue weighted by atomic mass is 16.3. The third kappa shape index (κ3) is 2.81. The molecule has 21 heavy (non-hydrogen) atoms. The maximum Gasteiger partial charge on any atom is 0.0991 e. The second-order valence-corrected chi connectivity index (χ2v) is 5.71. The van der Waals surface area contributed by atoms with Gasteiger partial charge >= 0.3 is 0 Å². The number of rotatable bonds is 6. The fourth-order valence-electron chi connectivity index (χ4n) is 3.22. The number of nitrogens with zero attached hydrogens (tertiary/aromatic N) is 2. The number of hydrogen-bond acceptors (Lipinski definition) is 3. The van der Waals surface area contributed by atoms with Crippen molar-refractivity contribution in [3.63, 3.8) is 0 Å². The SMILES string of the molecule is CCN(CC)C(C)(CC)C(O)c1cccc2cccnc12. The highest BCUT2D eigenvalue weighted by molar-refractivity contribution is 5.82. The summed E-state index contributed by atoms with van der Waals surface area (Å²) in [4.78, 5) is 6.82. The average Bonchev–Trinajstić information content (AvgIpc) is 2.54. The van der Waals surface area contributed by atoms with E-state index in [-0.39, 0.29) is 5.54 Å². The van der Waals surface area contributed by atoms with E-state index in [1.165, 1.54) is 0 Å². The molecule has 2 atom stereocenters. The van der Waals surface area contributed by atoms with Crippen LogP contribution in [-0.2, 0) is 0 Å². The predicted molar refractivity (Wildman–Crippen MR) is 88.3 cm³/mol. The zero-order chi connectivity index (χ0) is 15.5. The topological polar surface area (TPSA) is 36.4 Å². The molecular formula is C18H26N2O. The van der Waals surface area contributed by atoms with E-state index in [1.54, 1.807) is 6.20 Å². The van der Waals surface area contributed by atoms with E-state index < -0.39 is 6.10 Å². The zero-order valence-electron chi connectivity index (χ0n) is 13.5. The van der Waals surface area contributed by atoms with Crippen LogP contribution in [-0.4, -0.2) is 33.6 Å². The second kappa shape index (κ2) is 6.54. The van der Waals surface area contributed by atoms with Gasteiger partial charge < -0.3 is 5.11 Å². The molecule has 2 rings (SSSR count). The first-order valence-electron chi connectivity index (χ1n) is 7.85. The normalized spacial score (nSPS) is 16.1. The Hall–Kier alpha value is -1.45. The van der Waals surface area contributed by atoms with Gasteiger partial charge in [0.25, 0.3) is 0 Å². The van der Waals surface area contributed by atoms with E-state index in [0.717, 1.165) is 36.0 Å². The van der Waals surface area contributed by atoms with E-state index in [0.29, 0.717) is 0 Å². The standard InChI is InChI=1S/C18H26N2O/c1-5-18(4,20(6-2)7-3)17(21)15-12-8-10-14-11-9-13-19-16(14)15/h8-13,17,21H,5-7H2,1-4H3. The van der Waals surface area contributed by atoms with Crippen molar-refractivity contribution >= 4 is 10.9 Å². The van der Waals surface area contributed by atoms with Gasteiger partial charge in [-0.1, -0.05) is 45.0 Å². The number of hydrogen-bond donors (Lipinski definition) is 1. The number of aliphatic hydroxyl groups excluding tert-OH is 1. The van der Waals surface area contributed by atoms with E-state index >= 15 is 0 Å². The minimum absolute atomic E-state index is 0.282. The molecule has 0 radical (unpaired) electrons. The lowest BCUT2D eigenvalue weighted by Gasteiger charge is -2.43. The zero-order valence-corrected chi connectivity index (χ0v) is 13.5. The lowest BCUT2D eigenvalue weighted by atomic mass is 9.84. The molecule has 3 heteroatoms. The van der Waals surface area contributed by atoms with Crippen LogP contribution in [0.15, 0.2) is 36.5 Å². The molecule has 0 aliphatic heterocycles. The summed E-state index contributed by atoms with van der Waals surface area (Å²) in [6, 6.07) is 10.0. The lowest BCUT2D eigenvalue weighted by molar-refractivity contribution is -0.0206. The Morgan fingerprint density at radius 3 is 2.43 bits per heavy atom. The molecular weight excluding hydrogens is 260 g/mol. The van der Waals surface area contributed by atoms with E-state index in [9.17, 15) is 5.11 Å². The molecule has 1 heterocycles. The van der Waals surface area contributed by atoms with Crippen molar-refractivity contribution in [1.29, 1.82) is 0 Å². The van der Waals surface area contributed by atoms with Crippen LogP contribution in [0.3, 0.4) is 0 Å². The molecule has 0 saturated carbocycles. The second-order valence-electron chi connectivity index (χ2n) is 5.71. The average molecular weight is 286 g/mol.